The molecule has 0 radical (unpaired) electrons. The van der Waals surface area contributed by atoms with E-state index in [1.807, 2.05) is 0 Å². The van der Waals surface area contributed by atoms with Gasteiger partial charge < -0.3 is 0 Å². The van der Waals surface area contributed by atoms with Gasteiger partial charge in [-0.3, -0.25) is 4.79 Å². The first-order chi connectivity index (χ1) is 8.16. The summed E-state index contributed by atoms with van der Waals surface area (Å²) in [6, 6.07) is 4.37. The number of hydrogen-bond acceptors (Lipinski definition) is 1. The summed E-state index contributed by atoms with van der Waals surface area (Å²) in [5.41, 5.74) is 2.62. The van der Waals surface area contributed by atoms with Gasteiger partial charge in [-0.1, -0.05) is 11.6 Å². The van der Waals surface area contributed by atoms with Crippen molar-refractivity contribution in [3.8, 4) is 0 Å². The van der Waals surface area contributed by atoms with Crippen molar-refractivity contribution in [3.05, 3.63) is 46.8 Å². The van der Waals surface area contributed by atoms with E-state index >= 15 is 0 Å². The van der Waals surface area contributed by atoms with Crippen LogP contribution in [0, 0.1) is 12.7 Å². The average molecular weight is 232 g/mol. The smallest absolute Gasteiger partial charge is 0.167 e. The Morgan fingerprint density at radius 2 is 2.18 bits per heavy atom. The quantitative estimate of drug-likeness (QED) is 0.563. The Morgan fingerprint density at radius 1 is 1.35 bits per heavy atom. The topological polar surface area (TPSA) is 17.1 Å². The SMILES string of the molecule is Cc1cc(F)ccc1C(=O)CC1=CCCCC1. The summed E-state index contributed by atoms with van der Waals surface area (Å²) in [6.45, 7) is 1.78. The highest BCUT2D eigenvalue weighted by Crippen LogP contribution is 2.22. The molecular weight excluding hydrogens is 215 g/mol. The van der Waals surface area contributed by atoms with Gasteiger partial charge in [-0.15, -0.1) is 0 Å². The molecule has 17 heavy (non-hydrogen) atoms. The first kappa shape index (κ1) is 12.0. The maximum Gasteiger partial charge on any atom is 0.167 e. The van der Waals surface area contributed by atoms with Crippen LogP contribution < -0.4 is 0 Å². The van der Waals surface area contributed by atoms with Gasteiger partial charge in [-0.05, 0) is 56.4 Å². The molecule has 1 aromatic rings. The van der Waals surface area contributed by atoms with Crippen molar-refractivity contribution >= 4 is 5.78 Å². The Labute approximate surface area is 101 Å². The van der Waals surface area contributed by atoms with Crippen molar-refractivity contribution in [2.45, 2.75) is 39.0 Å². The van der Waals surface area contributed by atoms with Crippen molar-refractivity contribution in [1.82, 2.24) is 0 Å². The van der Waals surface area contributed by atoms with Crippen LogP contribution in [0.25, 0.3) is 0 Å². The van der Waals surface area contributed by atoms with Crippen LogP contribution in [0.3, 0.4) is 0 Å². The molecule has 0 bridgehead atoms. The predicted octanol–water partition coefficient (Wildman–Crippen LogP) is 4.21. The highest BCUT2D eigenvalue weighted by atomic mass is 19.1. The van der Waals surface area contributed by atoms with Crippen LogP contribution >= 0.6 is 0 Å². The van der Waals surface area contributed by atoms with Gasteiger partial charge in [0.1, 0.15) is 5.82 Å². The van der Waals surface area contributed by atoms with Gasteiger partial charge in [0.2, 0.25) is 0 Å². The second-order valence-corrected chi connectivity index (χ2v) is 4.67. The van der Waals surface area contributed by atoms with E-state index in [0.29, 0.717) is 12.0 Å². The van der Waals surface area contributed by atoms with E-state index in [1.165, 1.54) is 30.5 Å². The number of benzene rings is 1. The maximum absolute atomic E-state index is 12.9. The molecule has 1 aliphatic rings. The van der Waals surface area contributed by atoms with Gasteiger partial charge in [-0.25, -0.2) is 4.39 Å². The number of rotatable bonds is 3. The monoisotopic (exact) mass is 232 g/mol. The van der Waals surface area contributed by atoms with Gasteiger partial charge in [0, 0.05) is 12.0 Å². The Bertz CT molecular complexity index is 460. The number of allylic oxidation sites excluding steroid dienone is 2. The fourth-order valence-electron chi connectivity index (χ4n) is 2.31. The Morgan fingerprint density at radius 3 is 2.82 bits per heavy atom. The molecule has 0 saturated heterocycles. The summed E-state index contributed by atoms with van der Waals surface area (Å²) in [5, 5.41) is 0. The first-order valence-electron chi connectivity index (χ1n) is 6.14. The molecule has 2 rings (SSSR count). The minimum Gasteiger partial charge on any atom is -0.294 e. The molecule has 90 valence electrons. The van der Waals surface area contributed by atoms with Gasteiger partial charge >= 0.3 is 0 Å². The molecule has 0 saturated carbocycles. The largest absolute Gasteiger partial charge is 0.294 e. The molecule has 0 aromatic heterocycles. The normalized spacial score (nSPS) is 15.5. The van der Waals surface area contributed by atoms with Crippen LogP contribution in [0.5, 0.6) is 0 Å². The van der Waals surface area contributed by atoms with E-state index in [1.54, 1.807) is 13.0 Å². The van der Waals surface area contributed by atoms with E-state index in [2.05, 4.69) is 6.08 Å². The zero-order valence-electron chi connectivity index (χ0n) is 10.1. The molecule has 1 aromatic carbocycles. The molecule has 0 aliphatic heterocycles. The van der Waals surface area contributed by atoms with Crippen molar-refractivity contribution in [2.24, 2.45) is 0 Å². The Balaban J connectivity index is 2.11. The van der Waals surface area contributed by atoms with Gasteiger partial charge in [0.05, 0.1) is 0 Å². The van der Waals surface area contributed by atoms with Crippen LogP contribution in [0.4, 0.5) is 4.39 Å². The van der Waals surface area contributed by atoms with Crippen molar-refractivity contribution < 1.29 is 9.18 Å². The third-order valence-electron chi connectivity index (χ3n) is 3.26. The fourth-order valence-corrected chi connectivity index (χ4v) is 2.31. The molecule has 0 fully saturated rings. The molecule has 0 spiro atoms. The number of ketones is 1. The average Bonchev–Trinajstić information content (AvgIpc) is 2.30. The van der Waals surface area contributed by atoms with Crippen LogP contribution in [0.1, 0.15) is 48.0 Å². The number of halogens is 1. The van der Waals surface area contributed by atoms with Crippen LogP contribution in [-0.2, 0) is 0 Å². The van der Waals surface area contributed by atoms with E-state index in [9.17, 15) is 9.18 Å². The third kappa shape index (κ3) is 3.02. The van der Waals surface area contributed by atoms with E-state index in [0.717, 1.165) is 18.4 Å². The zero-order chi connectivity index (χ0) is 12.3. The summed E-state index contributed by atoms with van der Waals surface area (Å²) >= 11 is 0. The predicted molar refractivity (Wildman–Crippen MR) is 66.6 cm³/mol. The Hall–Kier alpha value is -1.44. The van der Waals surface area contributed by atoms with Crippen molar-refractivity contribution in [3.63, 3.8) is 0 Å². The zero-order valence-corrected chi connectivity index (χ0v) is 10.1. The lowest BCUT2D eigenvalue weighted by atomic mass is 9.92. The fraction of sp³-hybridized carbons (Fsp3) is 0.400. The van der Waals surface area contributed by atoms with Crippen LogP contribution in [0.2, 0.25) is 0 Å². The molecule has 0 amide bonds. The first-order valence-corrected chi connectivity index (χ1v) is 6.14. The number of carbonyl (C=O) groups is 1. The Kier molecular flexibility index (Phi) is 3.72. The summed E-state index contributed by atoms with van der Waals surface area (Å²) < 4.78 is 12.9. The summed E-state index contributed by atoms with van der Waals surface area (Å²) in [6.07, 6.45) is 7.21. The van der Waals surface area contributed by atoms with E-state index in [-0.39, 0.29) is 11.6 Å². The van der Waals surface area contributed by atoms with E-state index < -0.39 is 0 Å². The van der Waals surface area contributed by atoms with E-state index in [4.69, 9.17) is 0 Å². The van der Waals surface area contributed by atoms with Gasteiger partial charge in [-0.2, -0.15) is 0 Å². The summed E-state index contributed by atoms with van der Waals surface area (Å²) in [7, 11) is 0. The number of carbonyl (C=O) groups excluding carboxylic acids is 1. The second kappa shape index (κ2) is 5.26. The lowest BCUT2D eigenvalue weighted by Gasteiger charge is -2.12. The van der Waals surface area contributed by atoms with Crippen molar-refractivity contribution in [2.75, 3.05) is 0 Å². The second-order valence-electron chi connectivity index (χ2n) is 4.67. The summed E-state index contributed by atoms with van der Waals surface area (Å²) in [4.78, 5) is 12.1. The van der Waals surface area contributed by atoms with Gasteiger partial charge in [0.15, 0.2) is 5.78 Å². The molecule has 0 atom stereocenters. The molecule has 1 aliphatic carbocycles. The van der Waals surface area contributed by atoms with Crippen LogP contribution in [0.15, 0.2) is 29.8 Å². The third-order valence-corrected chi connectivity index (χ3v) is 3.26. The van der Waals surface area contributed by atoms with Crippen LogP contribution in [-0.4, -0.2) is 5.78 Å². The van der Waals surface area contributed by atoms with Gasteiger partial charge in [0.25, 0.3) is 0 Å². The highest BCUT2D eigenvalue weighted by molar-refractivity contribution is 5.98. The lowest BCUT2D eigenvalue weighted by Crippen LogP contribution is -2.05. The molecule has 0 N–H and O–H groups in total. The number of hydrogen-bond donors (Lipinski definition) is 0. The maximum atomic E-state index is 12.9. The molecule has 1 nitrogen and oxygen atoms in total. The summed E-state index contributed by atoms with van der Waals surface area (Å²) in [5.74, 6) is -0.174. The molecule has 0 unspecified atom stereocenters. The molecule has 2 heteroatoms. The number of aryl methyl sites for hydroxylation is 1. The number of Topliss-reactive ketones (excluding diaryl/α,β-unsaturated/α-hetero) is 1. The minimum atomic E-state index is -0.282. The lowest BCUT2D eigenvalue weighted by molar-refractivity contribution is 0.0991. The van der Waals surface area contributed by atoms with Crippen molar-refractivity contribution in [1.29, 1.82) is 0 Å². The molecular formula is C15H17FO. The molecule has 0 heterocycles. The highest BCUT2D eigenvalue weighted by Gasteiger charge is 2.13. The standard InChI is InChI=1S/C15H17FO/c1-11-9-13(16)7-8-14(11)15(17)10-12-5-3-2-4-6-12/h5,7-9H,2-4,6,10H2,1H3. The minimum absolute atomic E-state index is 0.107.